The van der Waals surface area contributed by atoms with Gasteiger partial charge in [0.25, 0.3) is 0 Å². The van der Waals surface area contributed by atoms with E-state index in [1.165, 1.54) is 12.1 Å². The van der Waals surface area contributed by atoms with E-state index in [1.54, 1.807) is 36.4 Å². The molecule has 0 aromatic heterocycles. The van der Waals surface area contributed by atoms with Gasteiger partial charge in [-0.2, -0.15) is 0 Å². The Morgan fingerprint density at radius 2 is 1.88 bits per heavy atom. The third kappa shape index (κ3) is 7.85. The number of piperidine rings is 1. The van der Waals surface area contributed by atoms with Gasteiger partial charge in [0.1, 0.15) is 18.2 Å². The molecule has 1 saturated heterocycles. The van der Waals surface area contributed by atoms with Crippen molar-refractivity contribution in [3.8, 4) is 5.75 Å². The Hall–Kier alpha value is -3.13. The summed E-state index contributed by atoms with van der Waals surface area (Å²) in [5.74, 6) is 0.114. The molecule has 3 amide bonds. The molecule has 1 fully saturated rings. The number of hydrogen-bond acceptors (Lipinski definition) is 4. The summed E-state index contributed by atoms with van der Waals surface area (Å²) in [6, 6.07) is 13.1. The summed E-state index contributed by atoms with van der Waals surface area (Å²) in [5, 5.41) is 5.66. The number of hydrogen-bond donors (Lipinski definition) is 3. The molecule has 0 bridgehead atoms. The highest BCUT2D eigenvalue weighted by Crippen LogP contribution is 2.19. The first-order valence-electron chi connectivity index (χ1n) is 11.0. The van der Waals surface area contributed by atoms with Gasteiger partial charge in [0.2, 0.25) is 5.91 Å². The van der Waals surface area contributed by atoms with E-state index in [-0.39, 0.29) is 30.3 Å². The maximum atomic E-state index is 13.3. The number of likely N-dealkylation sites (tertiary alicyclic amines) is 1. The maximum absolute atomic E-state index is 13.3. The zero-order valence-electron chi connectivity index (χ0n) is 18.2. The lowest BCUT2D eigenvalue weighted by molar-refractivity contribution is -0.123. The summed E-state index contributed by atoms with van der Waals surface area (Å²) in [7, 11) is 0. The number of anilines is 1. The second-order valence-corrected chi connectivity index (χ2v) is 8.05. The molecule has 1 aliphatic rings. The van der Waals surface area contributed by atoms with Gasteiger partial charge < -0.3 is 26.0 Å². The number of halogens is 1. The second kappa shape index (κ2) is 12.0. The molecule has 0 atom stereocenters. The average molecular weight is 443 g/mol. The molecule has 0 spiro atoms. The van der Waals surface area contributed by atoms with Crippen LogP contribution in [0, 0.1) is 11.7 Å². The molecule has 1 aliphatic heterocycles. The quantitative estimate of drug-likeness (QED) is 0.491. The van der Waals surface area contributed by atoms with Gasteiger partial charge in [-0.3, -0.25) is 4.79 Å². The number of benzene rings is 2. The van der Waals surface area contributed by atoms with E-state index in [4.69, 9.17) is 10.5 Å². The number of nitrogens with zero attached hydrogens (tertiary/aromatic N) is 1. The zero-order valence-corrected chi connectivity index (χ0v) is 18.2. The molecule has 7 nitrogen and oxygen atoms in total. The average Bonchev–Trinajstić information content (AvgIpc) is 2.78. The number of carbonyl (C=O) groups excluding carboxylic acids is 2. The fourth-order valence-corrected chi connectivity index (χ4v) is 3.74. The van der Waals surface area contributed by atoms with Crippen LogP contribution in [0.4, 0.5) is 14.9 Å². The van der Waals surface area contributed by atoms with E-state index in [9.17, 15) is 14.0 Å². The molecule has 0 aliphatic carbocycles. The minimum atomic E-state index is -0.300. The molecule has 0 unspecified atom stereocenters. The summed E-state index contributed by atoms with van der Waals surface area (Å²) in [4.78, 5) is 25.7. The molecule has 2 aromatic carbocycles. The number of rotatable bonds is 10. The van der Waals surface area contributed by atoms with Gasteiger partial charge in [-0.05, 0) is 75.1 Å². The molecule has 4 N–H and O–H groups in total. The van der Waals surface area contributed by atoms with E-state index in [0.717, 1.165) is 50.9 Å². The summed E-state index contributed by atoms with van der Waals surface area (Å²) in [5.41, 5.74) is 6.72. The normalized spacial score (nSPS) is 14.7. The second-order valence-electron chi connectivity index (χ2n) is 8.05. The minimum Gasteiger partial charge on any atom is -0.489 e. The predicted octanol–water partition coefficient (Wildman–Crippen LogP) is 3.50. The molecule has 172 valence electrons. The molecule has 2 aromatic rings. The highest BCUT2D eigenvalue weighted by atomic mass is 19.1. The molecule has 32 heavy (non-hydrogen) atoms. The summed E-state index contributed by atoms with van der Waals surface area (Å²) in [6.45, 7) is 3.59. The van der Waals surface area contributed by atoms with E-state index >= 15 is 0 Å². The van der Waals surface area contributed by atoms with Crippen LogP contribution in [0.5, 0.6) is 5.75 Å². The Bertz CT molecular complexity index is 900. The van der Waals surface area contributed by atoms with Gasteiger partial charge >= 0.3 is 6.03 Å². The van der Waals surface area contributed by atoms with Crippen LogP contribution in [0.3, 0.4) is 0 Å². The third-order valence-electron chi connectivity index (χ3n) is 5.56. The van der Waals surface area contributed by atoms with Gasteiger partial charge in [-0.25, -0.2) is 9.18 Å². The van der Waals surface area contributed by atoms with Crippen LogP contribution in [-0.2, 0) is 11.4 Å². The predicted molar refractivity (Wildman–Crippen MR) is 122 cm³/mol. The monoisotopic (exact) mass is 442 g/mol. The summed E-state index contributed by atoms with van der Waals surface area (Å²) >= 11 is 0. The number of nitrogens with two attached hydrogens (primary N) is 1. The van der Waals surface area contributed by atoms with E-state index in [1.807, 2.05) is 0 Å². The van der Waals surface area contributed by atoms with E-state index < -0.39 is 0 Å². The van der Waals surface area contributed by atoms with Crippen molar-refractivity contribution in [3.05, 3.63) is 59.9 Å². The Morgan fingerprint density at radius 3 is 2.62 bits per heavy atom. The molecule has 8 heteroatoms. The van der Waals surface area contributed by atoms with Crippen LogP contribution in [-0.4, -0.2) is 43.0 Å². The number of urea groups is 1. The zero-order chi connectivity index (χ0) is 22.8. The molecule has 0 saturated carbocycles. The van der Waals surface area contributed by atoms with Gasteiger partial charge in [-0.15, -0.1) is 0 Å². The van der Waals surface area contributed by atoms with Crippen molar-refractivity contribution in [1.29, 1.82) is 0 Å². The number of nitrogens with one attached hydrogen (secondary N) is 2. The smallest absolute Gasteiger partial charge is 0.319 e. The Labute approximate surface area is 188 Å². The maximum Gasteiger partial charge on any atom is 0.319 e. The Kier molecular flexibility index (Phi) is 8.86. The molecule has 0 radical (unpaired) electrons. The van der Waals surface area contributed by atoms with Crippen LogP contribution < -0.4 is 21.1 Å². The lowest BCUT2D eigenvalue weighted by Crippen LogP contribution is -2.39. The van der Waals surface area contributed by atoms with E-state index in [2.05, 4.69) is 15.5 Å². The SMILES string of the molecule is NC(=O)C1CCN(CCCCNC(=O)Nc2cccc(OCc3cccc(F)c3)c2)CC1. The molecule has 3 rings (SSSR count). The van der Waals surface area contributed by atoms with Gasteiger partial charge in [0.15, 0.2) is 0 Å². The highest BCUT2D eigenvalue weighted by molar-refractivity contribution is 5.89. The number of amides is 3. The van der Waals surface area contributed by atoms with Crippen molar-refractivity contribution < 1.29 is 18.7 Å². The lowest BCUT2D eigenvalue weighted by Gasteiger charge is -2.30. The van der Waals surface area contributed by atoms with Gasteiger partial charge in [0.05, 0.1) is 0 Å². The van der Waals surface area contributed by atoms with Gasteiger partial charge in [-0.1, -0.05) is 18.2 Å². The van der Waals surface area contributed by atoms with Crippen LogP contribution in [0.2, 0.25) is 0 Å². The third-order valence-corrected chi connectivity index (χ3v) is 5.56. The van der Waals surface area contributed by atoms with E-state index in [0.29, 0.717) is 18.0 Å². The number of ether oxygens (including phenoxy) is 1. The summed E-state index contributed by atoms with van der Waals surface area (Å²) < 4.78 is 18.9. The van der Waals surface area contributed by atoms with Gasteiger partial charge in [0, 0.05) is 24.2 Å². The van der Waals surface area contributed by atoms with Crippen molar-refractivity contribution in [2.24, 2.45) is 11.7 Å². The highest BCUT2D eigenvalue weighted by Gasteiger charge is 2.22. The molecular formula is C24H31FN4O3. The topological polar surface area (TPSA) is 96.7 Å². The molecular weight excluding hydrogens is 411 g/mol. The number of carbonyl (C=O) groups is 2. The lowest BCUT2D eigenvalue weighted by atomic mass is 9.96. The van der Waals surface area contributed by atoms with Crippen LogP contribution in [0.1, 0.15) is 31.2 Å². The van der Waals surface area contributed by atoms with Crippen LogP contribution >= 0.6 is 0 Å². The van der Waals surface area contributed by atoms with Crippen LogP contribution in [0.25, 0.3) is 0 Å². The van der Waals surface area contributed by atoms with Crippen molar-refractivity contribution in [3.63, 3.8) is 0 Å². The molecule has 1 heterocycles. The fourth-order valence-electron chi connectivity index (χ4n) is 3.74. The first-order valence-corrected chi connectivity index (χ1v) is 11.0. The van der Waals surface area contributed by atoms with Crippen molar-refractivity contribution in [2.75, 3.05) is 31.5 Å². The first-order chi connectivity index (χ1) is 15.5. The van der Waals surface area contributed by atoms with Crippen molar-refractivity contribution in [1.82, 2.24) is 10.2 Å². The van der Waals surface area contributed by atoms with Crippen LogP contribution in [0.15, 0.2) is 48.5 Å². The number of primary amides is 1. The largest absolute Gasteiger partial charge is 0.489 e. The number of unbranched alkanes of at least 4 members (excludes halogenated alkanes) is 1. The first kappa shape index (κ1) is 23.5. The van der Waals surface area contributed by atoms with Crippen molar-refractivity contribution in [2.45, 2.75) is 32.3 Å². The summed E-state index contributed by atoms with van der Waals surface area (Å²) in [6.07, 6.45) is 3.52. The Morgan fingerprint density at radius 1 is 1.09 bits per heavy atom. The van der Waals surface area contributed by atoms with Crippen molar-refractivity contribution >= 4 is 17.6 Å². The Balaban J connectivity index is 1.31. The minimum absolute atomic E-state index is 0.0156. The standard InChI is InChI=1S/C24H31FN4O3/c25-20-6-3-5-18(15-20)17-32-22-8-4-7-21(16-22)28-24(31)27-11-1-2-12-29-13-9-19(10-14-29)23(26)30/h3-8,15-16,19H,1-2,9-14,17H2,(H2,26,30)(H2,27,28,31). The fraction of sp³-hybridized carbons (Fsp3) is 0.417.